The summed E-state index contributed by atoms with van der Waals surface area (Å²) in [7, 11) is 0. The first-order chi connectivity index (χ1) is 21.8. The molecule has 0 aliphatic rings. The molecule has 0 saturated carbocycles. The van der Waals surface area contributed by atoms with Crippen LogP contribution in [-0.2, 0) is 28.7 Å². The van der Waals surface area contributed by atoms with Crippen LogP contribution in [0, 0.1) is 6.92 Å². The van der Waals surface area contributed by atoms with Crippen molar-refractivity contribution in [3.05, 3.63) is 126 Å². The lowest BCUT2D eigenvalue weighted by Crippen LogP contribution is -2.21. The van der Waals surface area contributed by atoms with Crippen LogP contribution in [0.3, 0.4) is 0 Å². The highest BCUT2D eigenvalue weighted by Crippen LogP contribution is 2.33. The zero-order chi connectivity index (χ0) is 33.3. The maximum Gasteiger partial charge on any atom is 0.426 e. The van der Waals surface area contributed by atoms with E-state index in [0.29, 0.717) is 41.8 Å². The van der Waals surface area contributed by atoms with Crippen LogP contribution in [0.4, 0.5) is 33.3 Å². The summed E-state index contributed by atoms with van der Waals surface area (Å²) in [4.78, 5) is 12.5. The monoisotopic (exact) mass is 637 g/mol. The van der Waals surface area contributed by atoms with Crippen molar-refractivity contribution >= 4 is 23.4 Å². The molecule has 0 aliphatic carbocycles. The Balaban J connectivity index is 1.29. The number of carbonyl (C=O) groups excluding carboxylic acids is 1. The van der Waals surface area contributed by atoms with E-state index in [1.54, 1.807) is 24.3 Å². The van der Waals surface area contributed by atoms with Crippen molar-refractivity contribution in [3.63, 3.8) is 0 Å². The van der Waals surface area contributed by atoms with Gasteiger partial charge in [-0.25, -0.2) is 4.79 Å². The number of nitrogen functional groups attached to an aromatic ring is 2. The fourth-order valence-corrected chi connectivity index (χ4v) is 4.78. The average Bonchev–Trinajstić information content (AvgIpc) is 2.99. The van der Waals surface area contributed by atoms with Crippen LogP contribution in [0.2, 0.25) is 0 Å². The van der Waals surface area contributed by atoms with E-state index in [1.807, 2.05) is 12.1 Å². The Hall–Kier alpha value is -4.86. The number of ether oxygens (including phenoxy) is 2. The molecule has 4 N–H and O–H groups in total. The van der Waals surface area contributed by atoms with Gasteiger partial charge in [0.15, 0.2) is 0 Å². The van der Waals surface area contributed by atoms with E-state index in [4.69, 9.17) is 20.9 Å². The number of benzene rings is 4. The van der Waals surface area contributed by atoms with E-state index in [-0.39, 0.29) is 24.3 Å². The molecule has 1 radical (unpaired) electrons. The van der Waals surface area contributed by atoms with Gasteiger partial charge in [-0.15, -0.1) is 0 Å². The van der Waals surface area contributed by atoms with Crippen molar-refractivity contribution in [2.24, 2.45) is 0 Å². The zero-order valence-electron chi connectivity index (χ0n) is 25.0. The number of esters is 1. The molecule has 0 aromatic heterocycles. The second-order valence-electron chi connectivity index (χ2n) is 10.8. The maximum absolute atomic E-state index is 14.8. The number of halogens is 5. The first-order valence-corrected chi connectivity index (χ1v) is 14.6. The summed E-state index contributed by atoms with van der Waals surface area (Å²) in [5, 5.41) is 0. The van der Waals surface area contributed by atoms with Gasteiger partial charge in [0.1, 0.15) is 12.4 Å². The first-order valence-electron chi connectivity index (χ1n) is 14.6. The fourth-order valence-electron chi connectivity index (χ4n) is 4.78. The van der Waals surface area contributed by atoms with Crippen LogP contribution in [0.25, 0.3) is 17.2 Å². The lowest BCUT2D eigenvalue weighted by molar-refractivity contribution is -0.185. The Morgan fingerprint density at radius 2 is 1.43 bits per heavy atom. The summed E-state index contributed by atoms with van der Waals surface area (Å²) in [5.41, 5.74) is 16.9. The van der Waals surface area contributed by atoms with E-state index >= 15 is 0 Å². The fraction of sp³-hybridized carbons (Fsp3) is 0.222. The van der Waals surface area contributed by atoms with Gasteiger partial charge in [0.2, 0.25) is 0 Å². The summed E-state index contributed by atoms with van der Waals surface area (Å²) in [6, 6.07) is 21.9. The van der Waals surface area contributed by atoms with Crippen molar-refractivity contribution in [2.45, 2.75) is 51.0 Å². The molecule has 0 bridgehead atoms. The molecule has 0 atom stereocenters. The number of aryl methyl sites for hydroxylation is 1. The quantitative estimate of drug-likeness (QED) is 0.0502. The van der Waals surface area contributed by atoms with Gasteiger partial charge < -0.3 is 20.9 Å². The minimum absolute atomic E-state index is 0.0428. The SMILES string of the molecule is [CH2]c1cc(N)ccc1-c1ccc(N)cc1COC(=O)/C=C/c1ccc(OC(F)(F)c2ccc(CCCCCC(F)(F)F)cc2)cc1. The van der Waals surface area contributed by atoms with E-state index in [9.17, 15) is 26.7 Å². The van der Waals surface area contributed by atoms with Crippen LogP contribution < -0.4 is 16.2 Å². The van der Waals surface area contributed by atoms with E-state index < -0.39 is 24.7 Å². The lowest BCUT2D eigenvalue weighted by Gasteiger charge is -2.18. The number of rotatable bonds is 13. The average molecular weight is 638 g/mol. The molecule has 10 heteroatoms. The first kappa shape index (κ1) is 34.0. The van der Waals surface area contributed by atoms with E-state index in [0.717, 1.165) is 22.3 Å². The summed E-state index contributed by atoms with van der Waals surface area (Å²) in [6.45, 7) is 3.99. The van der Waals surface area contributed by atoms with Crippen molar-refractivity contribution in [3.8, 4) is 16.9 Å². The van der Waals surface area contributed by atoms with Gasteiger partial charge in [-0.3, -0.25) is 0 Å². The topological polar surface area (TPSA) is 87.6 Å². The summed E-state index contributed by atoms with van der Waals surface area (Å²) in [6.07, 6.45) is -4.42. The number of alkyl halides is 5. The Kier molecular flexibility index (Phi) is 11.1. The molecule has 241 valence electrons. The third-order valence-corrected chi connectivity index (χ3v) is 7.17. The molecule has 4 rings (SSSR count). The Morgan fingerprint density at radius 3 is 2.09 bits per heavy atom. The maximum atomic E-state index is 14.8. The summed E-state index contributed by atoms with van der Waals surface area (Å²) in [5.74, 6) is -0.697. The Labute approximate surface area is 264 Å². The zero-order valence-corrected chi connectivity index (χ0v) is 25.0. The number of carbonyl (C=O) groups is 1. The van der Waals surface area contributed by atoms with Gasteiger partial charge in [0.05, 0.1) is 5.56 Å². The molecule has 0 spiro atoms. The van der Waals surface area contributed by atoms with E-state index in [2.05, 4.69) is 6.92 Å². The van der Waals surface area contributed by atoms with Crippen molar-refractivity contribution in [1.29, 1.82) is 0 Å². The van der Waals surface area contributed by atoms with Crippen LogP contribution in [-0.4, -0.2) is 12.1 Å². The highest BCUT2D eigenvalue weighted by Gasteiger charge is 2.34. The van der Waals surface area contributed by atoms with Crippen molar-refractivity contribution in [2.75, 3.05) is 11.5 Å². The highest BCUT2D eigenvalue weighted by atomic mass is 19.4. The van der Waals surface area contributed by atoms with E-state index in [1.165, 1.54) is 60.7 Å². The minimum atomic E-state index is -4.17. The molecule has 0 aliphatic heterocycles. The van der Waals surface area contributed by atoms with Crippen LogP contribution in [0.5, 0.6) is 5.75 Å². The standard InChI is InChI=1S/C36H34F5N2O3/c1-24-21-29(42)13-17-32(24)33-18-14-30(43)22-27(33)23-45-34(44)19-10-26-8-15-31(16-9-26)46-36(40,41)28-11-6-25(7-12-28)5-3-2-4-20-35(37,38)39/h6-19,21-22H,1-5,20,23,42-43H2/b19-10+. The number of anilines is 2. The van der Waals surface area contributed by atoms with Crippen molar-refractivity contribution in [1.82, 2.24) is 0 Å². The molecule has 4 aromatic rings. The largest absolute Gasteiger partial charge is 0.458 e. The van der Waals surface area contributed by atoms with Gasteiger partial charge in [-0.05, 0) is 114 Å². The molecule has 0 fully saturated rings. The number of unbranched alkanes of at least 4 members (excludes halogenated alkanes) is 2. The Bertz CT molecular complexity index is 1650. The minimum Gasteiger partial charge on any atom is -0.458 e. The van der Waals surface area contributed by atoms with Gasteiger partial charge in [0.25, 0.3) is 0 Å². The molecule has 46 heavy (non-hydrogen) atoms. The Morgan fingerprint density at radius 1 is 0.783 bits per heavy atom. The second-order valence-corrected chi connectivity index (χ2v) is 10.8. The number of hydrogen-bond acceptors (Lipinski definition) is 5. The van der Waals surface area contributed by atoms with Crippen LogP contribution >= 0.6 is 0 Å². The number of hydrogen-bond donors (Lipinski definition) is 2. The van der Waals surface area contributed by atoms with Crippen molar-refractivity contribution < 1.29 is 36.2 Å². The third kappa shape index (κ3) is 10.1. The highest BCUT2D eigenvalue weighted by molar-refractivity contribution is 5.87. The molecule has 4 aromatic carbocycles. The van der Waals surface area contributed by atoms with Gasteiger partial charge >= 0.3 is 18.3 Å². The molecular formula is C36H34F5N2O3. The number of nitrogens with two attached hydrogens (primary N) is 2. The van der Waals surface area contributed by atoms with Gasteiger partial charge in [-0.2, -0.15) is 22.0 Å². The van der Waals surface area contributed by atoms with Gasteiger partial charge in [-0.1, -0.05) is 42.8 Å². The van der Waals surface area contributed by atoms with Crippen LogP contribution in [0.15, 0.2) is 91.0 Å². The normalized spacial score (nSPS) is 12.0. The third-order valence-electron chi connectivity index (χ3n) is 7.17. The summed E-state index contributed by atoms with van der Waals surface area (Å²) < 4.78 is 76.7. The predicted molar refractivity (Wildman–Crippen MR) is 170 cm³/mol. The van der Waals surface area contributed by atoms with Crippen LogP contribution in [0.1, 0.15) is 53.5 Å². The molecule has 5 nitrogen and oxygen atoms in total. The molecular weight excluding hydrogens is 603 g/mol. The smallest absolute Gasteiger partial charge is 0.426 e. The molecule has 0 amide bonds. The lowest BCUT2D eigenvalue weighted by atomic mass is 9.95. The summed E-state index contributed by atoms with van der Waals surface area (Å²) >= 11 is 0. The second kappa shape index (κ2) is 14.9. The molecule has 0 saturated heterocycles. The van der Waals surface area contributed by atoms with Gasteiger partial charge in [0, 0.05) is 23.9 Å². The molecule has 0 unspecified atom stereocenters. The molecule has 0 heterocycles. The predicted octanol–water partition coefficient (Wildman–Crippen LogP) is 9.25.